The molecule has 1 heterocycles. The lowest BCUT2D eigenvalue weighted by atomic mass is 10.2. The summed E-state index contributed by atoms with van der Waals surface area (Å²) in [6, 6.07) is 10.1. The standard InChI is InChI=1S/C11H15NOS/c13-14(12-8-4-5-9-12)10-11-6-2-1-3-7-11/h1-3,6-7H,4-5,8-10H2. The van der Waals surface area contributed by atoms with Gasteiger partial charge in [-0.15, -0.1) is 0 Å². The van der Waals surface area contributed by atoms with Crippen LogP contribution < -0.4 is 0 Å². The fourth-order valence-corrected chi connectivity index (χ4v) is 3.03. The lowest BCUT2D eigenvalue weighted by molar-refractivity contribution is 0.535. The molecule has 0 aromatic heterocycles. The SMILES string of the molecule is O=S(Cc1ccccc1)N1CCCC1. The number of hydrogen-bond acceptors (Lipinski definition) is 1. The first-order chi connectivity index (χ1) is 6.86. The predicted molar refractivity (Wildman–Crippen MR) is 59.1 cm³/mol. The highest BCUT2D eigenvalue weighted by Gasteiger charge is 2.17. The monoisotopic (exact) mass is 209 g/mol. The molecule has 76 valence electrons. The molecule has 1 unspecified atom stereocenters. The molecule has 1 aromatic carbocycles. The van der Waals surface area contributed by atoms with Crippen molar-refractivity contribution in [3.63, 3.8) is 0 Å². The fourth-order valence-electron chi connectivity index (χ4n) is 1.70. The molecule has 1 aliphatic heterocycles. The van der Waals surface area contributed by atoms with Crippen LogP contribution >= 0.6 is 0 Å². The molecule has 1 aromatic rings. The molecule has 0 bridgehead atoms. The molecule has 1 atom stereocenters. The van der Waals surface area contributed by atoms with Gasteiger partial charge >= 0.3 is 0 Å². The molecule has 1 saturated heterocycles. The van der Waals surface area contributed by atoms with Gasteiger partial charge in [-0.05, 0) is 18.4 Å². The highest BCUT2D eigenvalue weighted by Crippen LogP contribution is 2.13. The van der Waals surface area contributed by atoms with Crippen molar-refractivity contribution in [3.05, 3.63) is 35.9 Å². The van der Waals surface area contributed by atoms with E-state index < -0.39 is 11.0 Å². The predicted octanol–water partition coefficient (Wildman–Crippen LogP) is 1.95. The van der Waals surface area contributed by atoms with Crippen LogP contribution in [0.4, 0.5) is 0 Å². The summed E-state index contributed by atoms with van der Waals surface area (Å²) in [6.45, 7) is 2.00. The molecule has 0 aliphatic carbocycles. The van der Waals surface area contributed by atoms with Gasteiger partial charge in [0.05, 0.1) is 16.7 Å². The van der Waals surface area contributed by atoms with Crippen LogP contribution in [-0.4, -0.2) is 21.6 Å². The topological polar surface area (TPSA) is 20.3 Å². The van der Waals surface area contributed by atoms with Crippen molar-refractivity contribution in [1.82, 2.24) is 4.31 Å². The third kappa shape index (κ3) is 2.42. The Morgan fingerprint density at radius 1 is 1.14 bits per heavy atom. The van der Waals surface area contributed by atoms with E-state index >= 15 is 0 Å². The van der Waals surface area contributed by atoms with Crippen molar-refractivity contribution in [1.29, 1.82) is 0 Å². The van der Waals surface area contributed by atoms with Crippen LogP contribution in [0.15, 0.2) is 30.3 Å². The first kappa shape index (κ1) is 9.87. The zero-order valence-corrected chi connectivity index (χ0v) is 9.00. The molecular weight excluding hydrogens is 194 g/mol. The van der Waals surface area contributed by atoms with Crippen LogP contribution in [0.3, 0.4) is 0 Å². The minimum absolute atomic E-state index is 0.667. The van der Waals surface area contributed by atoms with Gasteiger partial charge in [-0.1, -0.05) is 30.3 Å². The molecule has 0 N–H and O–H groups in total. The second-order valence-electron chi connectivity index (χ2n) is 3.59. The maximum absolute atomic E-state index is 11.9. The van der Waals surface area contributed by atoms with E-state index in [1.54, 1.807) is 0 Å². The van der Waals surface area contributed by atoms with Gasteiger partial charge in [-0.3, -0.25) is 0 Å². The second-order valence-corrected chi connectivity index (χ2v) is 5.04. The highest BCUT2D eigenvalue weighted by molar-refractivity contribution is 7.81. The van der Waals surface area contributed by atoms with Gasteiger partial charge in [0.2, 0.25) is 0 Å². The average molecular weight is 209 g/mol. The molecule has 3 heteroatoms. The van der Waals surface area contributed by atoms with Crippen molar-refractivity contribution >= 4 is 11.0 Å². The van der Waals surface area contributed by atoms with E-state index in [0.717, 1.165) is 18.7 Å². The Kier molecular flexibility index (Phi) is 3.32. The summed E-state index contributed by atoms with van der Waals surface area (Å²) >= 11 is 0. The van der Waals surface area contributed by atoms with Crippen molar-refractivity contribution in [2.75, 3.05) is 13.1 Å². The Hall–Kier alpha value is -0.670. The van der Waals surface area contributed by atoms with E-state index in [-0.39, 0.29) is 0 Å². The highest BCUT2D eigenvalue weighted by atomic mass is 32.2. The molecule has 2 nitrogen and oxygen atoms in total. The van der Waals surface area contributed by atoms with Gasteiger partial charge in [0.25, 0.3) is 0 Å². The van der Waals surface area contributed by atoms with E-state index in [1.165, 1.54) is 12.8 Å². The maximum Gasteiger partial charge on any atom is 0.0987 e. The van der Waals surface area contributed by atoms with Crippen molar-refractivity contribution in [2.45, 2.75) is 18.6 Å². The van der Waals surface area contributed by atoms with Crippen LogP contribution in [0.25, 0.3) is 0 Å². The lowest BCUT2D eigenvalue weighted by Crippen LogP contribution is -2.23. The van der Waals surface area contributed by atoms with Crippen LogP contribution in [0, 0.1) is 0 Å². The molecule has 0 saturated carbocycles. The van der Waals surface area contributed by atoms with Crippen LogP contribution in [0.2, 0.25) is 0 Å². The number of hydrogen-bond donors (Lipinski definition) is 0. The van der Waals surface area contributed by atoms with E-state index in [9.17, 15) is 4.21 Å². The first-order valence-electron chi connectivity index (χ1n) is 5.03. The number of benzene rings is 1. The van der Waals surface area contributed by atoms with Crippen LogP contribution in [-0.2, 0) is 16.7 Å². The van der Waals surface area contributed by atoms with Gasteiger partial charge < -0.3 is 0 Å². The smallest absolute Gasteiger partial charge is 0.0987 e. The van der Waals surface area contributed by atoms with Crippen LogP contribution in [0.5, 0.6) is 0 Å². The summed E-state index contributed by atoms with van der Waals surface area (Å²) in [4.78, 5) is 0. The largest absolute Gasteiger partial charge is 0.242 e. The van der Waals surface area contributed by atoms with Gasteiger partial charge in [-0.2, -0.15) is 0 Å². The summed E-state index contributed by atoms with van der Waals surface area (Å²) in [6.07, 6.45) is 2.39. The third-order valence-corrected chi connectivity index (χ3v) is 4.01. The Morgan fingerprint density at radius 3 is 2.43 bits per heavy atom. The molecule has 0 amide bonds. The van der Waals surface area contributed by atoms with E-state index in [4.69, 9.17) is 0 Å². The first-order valence-corrected chi connectivity index (χ1v) is 6.31. The maximum atomic E-state index is 11.9. The van der Waals surface area contributed by atoms with E-state index in [1.807, 2.05) is 30.3 Å². The Morgan fingerprint density at radius 2 is 1.79 bits per heavy atom. The Bertz CT molecular complexity index is 306. The van der Waals surface area contributed by atoms with Gasteiger partial charge in [0, 0.05) is 13.1 Å². The summed E-state index contributed by atoms with van der Waals surface area (Å²) in [7, 11) is -0.813. The number of rotatable bonds is 3. The molecule has 1 fully saturated rings. The Labute approximate surface area is 87.5 Å². The van der Waals surface area contributed by atoms with E-state index in [0.29, 0.717) is 5.75 Å². The molecule has 14 heavy (non-hydrogen) atoms. The van der Waals surface area contributed by atoms with Crippen molar-refractivity contribution in [2.24, 2.45) is 0 Å². The minimum atomic E-state index is -0.813. The average Bonchev–Trinajstić information content (AvgIpc) is 2.72. The van der Waals surface area contributed by atoms with Crippen molar-refractivity contribution in [3.8, 4) is 0 Å². The molecule has 0 spiro atoms. The second kappa shape index (κ2) is 4.71. The van der Waals surface area contributed by atoms with Gasteiger partial charge in [0.15, 0.2) is 0 Å². The zero-order chi connectivity index (χ0) is 9.80. The molecule has 2 rings (SSSR count). The molecule has 0 radical (unpaired) electrons. The number of nitrogens with zero attached hydrogens (tertiary/aromatic N) is 1. The summed E-state index contributed by atoms with van der Waals surface area (Å²) in [5.41, 5.74) is 1.16. The zero-order valence-electron chi connectivity index (χ0n) is 8.19. The van der Waals surface area contributed by atoms with Crippen LogP contribution in [0.1, 0.15) is 18.4 Å². The minimum Gasteiger partial charge on any atom is -0.242 e. The molecular formula is C11H15NOS. The lowest BCUT2D eigenvalue weighted by Gasteiger charge is -2.13. The normalized spacial score (nSPS) is 19.7. The molecule has 1 aliphatic rings. The summed E-state index contributed by atoms with van der Waals surface area (Å²) < 4.78 is 13.9. The third-order valence-electron chi connectivity index (χ3n) is 2.49. The van der Waals surface area contributed by atoms with Crippen molar-refractivity contribution < 1.29 is 4.21 Å². The fraction of sp³-hybridized carbons (Fsp3) is 0.455. The Balaban J connectivity index is 1.94. The van der Waals surface area contributed by atoms with Gasteiger partial charge in [0.1, 0.15) is 0 Å². The van der Waals surface area contributed by atoms with E-state index in [2.05, 4.69) is 4.31 Å². The van der Waals surface area contributed by atoms with Gasteiger partial charge in [-0.25, -0.2) is 8.51 Å². The quantitative estimate of drug-likeness (QED) is 0.745. The summed E-state index contributed by atoms with van der Waals surface area (Å²) in [5.74, 6) is 0.667. The summed E-state index contributed by atoms with van der Waals surface area (Å²) in [5, 5.41) is 0.